The fourth-order valence-corrected chi connectivity index (χ4v) is 1.58. The number of nitriles is 1. The smallest absolute Gasteiger partial charge is 0.332 e. The van der Waals surface area contributed by atoms with E-state index >= 15 is 0 Å². The van der Waals surface area contributed by atoms with Crippen LogP contribution in [0.15, 0.2) is 24.3 Å². The Morgan fingerprint density at radius 3 is 2.84 bits per heavy atom. The van der Waals surface area contributed by atoms with Crippen molar-refractivity contribution in [3.8, 4) is 6.07 Å². The molecule has 0 N–H and O–H groups in total. The molecule has 5 nitrogen and oxygen atoms in total. The van der Waals surface area contributed by atoms with Crippen LogP contribution in [0.1, 0.15) is 12.5 Å². The molecule has 5 heteroatoms. The zero-order valence-corrected chi connectivity index (χ0v) is 11.3. The van der Waals surface area contributed by atoms with Gasteiger partial charge >= 0.3 is 5.97 Å². The van der Waals surface area contributed by atoms with Gasteiger partial charge in [0.15, 0.2) is 0 Å². The molecule has 0 aromatic heterocycles. The fraction of sp³-hybridized carbons (Fsp3) is 0.429. The van der Waals surface area contributed by atoms with Gasteiger partial charge in [-0.1, -0.05) is 12.1 Å². The number of anilines is 1. The van der Waals surface area contributed by atoms with Gasteiger partial charge in [-0.05, 0) is 19.1 Å². The maximum absolute atomic E-state index is 11.1. The first-order valence-corrected chi connectivity index (χ1v) is 6.12. The minimum absolute atomic E-state index is 0.0401. The van der Waals surface area contributed by atoms with E-state index in [0.717, 1.165) is 5.69 Å². The Kier molecular flexibility index (Phi) is 6.41. The molecule has 0 atom stereocenters. The number of para-hydroxylation sites is 1. The summed E-state index contributed by atoms with van der Waals surface area (Å²) in [6.07, 6.45) is 0. The van der Waals surface area contributed by atoms with Crippen molar-refractivity contribution < 1.29 is 14.3 Å². The Bertz CT molecular complexity index is 454. The van der Waals surface area contributed by atoms with E-state index in [2.05, 4.69) is 6.07 Å². The molecule has 0 aliphatic heterocycles. The van der Waals surface area contributed by atoms with Gasteiger partial charge in [0.25, 0.3) is 0 Å². The van der Waals surface area contributed by atoms with Crippen LogP contribution in [0.3, 0.4) is 0 Å². The first kappa shape index (κ1) is 15.0. The largest absolute Gasteiger partial charge is 0.464 e. The molecule has 102 valence electrons. The molecule has 0 heterocycles. The molecule has 0 bridgehead atoms. The molecule has 0 aliphatic rings. The van der Waals surface area contributed by atoms with Gasteiger partial charge in [0.2, 0.25) is 0 Å². The predicted molar refractivity (Wildman–Crippen MR) is 71.9 cm³/mol. The predicted octanol–water partition coefficient (Wildman–Crippen LogP) is 1.57. The van der Waals surface area contributed by atoms with Gasteiger partial charge in [0.1, 0.15) is 12.7 Å². The number of hydrogen-bond donors (Lipinski definition) is 0. The molecular formula is C14H18N2O3. The Balaban J connectivity index is 2.37. The van der Waals surface area contributed by atoms with Crippen molar-refractivity contribution >= 4 is 11.7 Å². The van der Waals surface area contributed by atoms with E-state index in [1.165, 1.54) is 0 Å². The van der Waals surface area contributed by atoms with Crippen molar-refractivity contribution in [3.63, 3.8) is 0 Å². The highest BCUT2D eigenvalue weighted by molar-refractivity contribution is 5.70. The second-order valence-electron chi connectivity index (χ2n) is 3.91. The van der Waals surface area contributed by atoms with Gasteiger partial charge in [-0.25, -0.2) is 4.79 Å². The first-order chi connectivity index (χ1) is 9.19. The van der Waals surface area contributed by atoms with E-state index in [9.17, 15) is 4.79 Å². The topological polar surface area (TPSA) is 62.6 Å². The number of carbonyl (C=O) groups is 1. The minimum atomic E-state index is -0.359. The first-order valence-electron chi connectivity index (χ1n) is 6.12. The van der Waals surface area contributed by atoms with Crippen molar-refractivity contribution in [2.75, 3.05) is 38.3 Å². The number of carbonyl (C=O) groups excluding carboxylic acids is 1. The van der Waals surface area contributed by atoms with Crippen molar-refractivity contribution in [2.45, 2.75) is 6.92 Å². The number of likely N-dealkylation sites (N-methyl/N-ethyl adjacent to an activating group) is 1. The third-order valence-corrected chi connectivity index (χ3v) is 2.53. The molecule has 1 aromatic rings. The van der Waals surface area contributed by atoms with E-state index in [0.29, 0.717) is 25.3 Å². The van der Waals surface area contributed by atoms with Crippen LogP contribution < -0.4 is 4.90 Å². The summed E-state index contributed by atoms with van der Waals surface area (Å²) in [5, 5.41) is 9.00. The molecule has 0 spiro atoms. The quantitative estimate of drug-likeness (QED) is 0.551. The van der Waals surface area contributed by atoms with E-state index in [1.807, 2.05) is 30.1 Å². The van der Waals surface area contributed by atoms with Crippen LogP contribution in [-0.2, 0) is 14.3 Å². The van der Waals surface area contributed by atoms with Crippen molar-refractivity contribution in [1.82, 2.24) is 0 Å². The lowest BCUT2D eigenvalue weighted by Crippen LogP contribution is -2.24. The fourth-order valence-electron chi connectivity index (χ4n) is 1.58. The second-order valence-corrected chi connectivity index (χ2v) is 3.91. The lowest BCUT2D eigenvalue weighted by atomic mass is 10.2. The van der Waals surface area contributed by atoms with Crippen LogP contribution >= 0.6 is 0 Å². The summed E-state index contributed by atoms with van der Waals surface area (Å²) in [4.78, 5) is 13.0. The van der Waals surface area contributed by atoms with Gasteiger partial charge < -0.3 is 14.4 Å². The Hall–Kier alpha value is -2.06. The molecule has 0 unspecified atom stereocenters. The summed E-state index contributed by atoms with van der Waals surface area (Å²) >= 11 is 0. The van der Waals surface area contributed by atoms with E-state index in [-0.39, 0.29) is 12.6 Å². The molecule has 0 radical (unpaired) electrons. The summed E-state index contributed by atoms with van der Waals surface area (Å²) in [6.45, 7) is 3.07. The molecule has 0 fully saturated rings. The van der Waals surface area contributed by atoms with E-state index in [1.54, 1.807) is 13.0 Å². The SMILES string of the molecule is CCOC(=O)COCCN(C)c1ccccc1C#N. The zero-order chi connectivity index (χ0) is 14.1. The second kappa shape index (κ2) is 8.11. The molecular weight excluding hydrogens is 244 g/mol. The van der Waals surface area contributed by atoms with Gasteiger partial charge in [0, 0.05) is 13.6 Å². The summed E-state index contributed by atoms with van der Waals surface area (Å²) < 4.78 is 9.96. The van der Waals surface area contributed by atoms with Crippen molar-refractivity contribution in [3.05, 3.63) is 29.8 Å². The molecule has 0 amide bonds. The third kappa shape index (κ3) is 4.98. The van der Waals surface area contributed by atoms with Crippen LogP contribution in [-0.4, -0.2) is 39.4 Å². The molecule has 1 rings (SSSR count). The average Bonchev–Trinajstić information content (AvgIpc) is 2.43. The minimum Gasteiger partial charge on any atom is -0.464 e. The number of rotatable bonds is 7. The molecule has 0 aliphatic carbocycles. The molecule has 0 saturated carbocycles. The number of hydrogen-bond acceptors (Lipinski definition) is 5. The molecule has 0 saturated heterocycles. The Morgan fingerprint density at radius 2 is 2.16 bits per heavy atom. The van der Waals surface area contributed by atoms with Crippen molar-refractivity contribution in [2.24, 2.45) is 0 Å². The normalized spacial score (nSPS) is 9.74. The van der Waals surface area contributed by atoms with Crippen LogP contribution in [0.5, 0.6) is 0 Å². The van der Waals surface area contributed by atoms with Gasteiger partial charge in [0.05, 0.1) is 24.5 Å². The van der Waals surface area contributed by atoms with Crippen LogP contribution in [0.25, 0.3) is 0 Å². The van der Waals surface area contributed by atoms with Gasteiger partial charge in [-0.15, -0.1) is 0 Å². The summed E-state index contributed by atoms with van der Waals surface area (Å²) in [7, 11) is 1.88. The number of esters is 1. The highest BCUT2D eigenvalue weighted by Gasteiger charge is 2.07. The molecule has 1 aromatic carbocycles. The standard InChI is InChI=1S/C14H18N2O3/c1-3-19-14(17)11-18-9-8-16(2)13-7-5-4-6-12(13)10-15/h4-7H,3,8-9,11H2,1-2H3. The summed E-state index contributed by atoms with van der Waals surface area (Å²) in [5.74, 6) is -0.359. The summed E-state index contributed by atoms with van der Waals surface area (Å²) in [5.41, 5.74) is 1.47. The Labute approximate surface area is 113 Å². The van der Waals surface area contributed by atoms with E-state index in [4.69, 9.17) is 14.7 Å². The lowest BCUT2D eigenvalue weighted by molar-refractivity contribution is -0.148. The number of ether oxygens (including phenoxy) is 2. The lowest BCUT2D eigenvalue weighted by Gasteiger charge is -2.20. The van der Waals surface area contributed by atoms with Gasteiger partial charge in [-0.2, -0.15) is 5.26 Å². The number of benzene rings is 1. The van der Waals surface area contributed by atoms with Crippen molar-refractivity contribution in [1.29, 1.82) is 5.26 Å². The summed E-state index contributed by atoms with van der Waals surface area (Å²) in [6, 6.07) is 9.50. The third-order valence-electron chi connectivity index (χ3n) is 2.53. The van der Waals surface area contributed by atoms with Gasteiger partial charge in [-0.3, -0.25) is 0 Å². The van der Waals surface area contributed by atoms with Crippen LogP contribution in [0, 0.1) is 11.3 Å². The Morgan fingerprint density at radius 1 is 1.42 bits per heavy atom. The highest BCUT2D eigenvalue weighted by atomic mass is 16.6. The van der Waals surface area contributed by atoms with Crippen LogP contribution in [0.4, 0.5) is 5.69 Å². The average molecular weight is 262 g/mol. The van der Waals surface area contributed by atoms with E-state index < -0.39 is 0 Å². The molecule has 19 heavy (non-hydrogen) atoms. The number of nitrogens with zero attached hydrogens (tertiary/aromatic N) is 2. The maximum atomic E-state index is 11.1. The van der Waals surface area contributed by atoms with Crippen LogP contribution in [0.2, 0.25) is 0 Å². The highest BCUT2D eigenvalue weighted by Crippen LogP contribution is 2.17. The monoisotopic (exact) mass is 262 g/mol. The maximum Gasteiger partial charge on any atom is 0.332 e. The zero-order valence-electron chi connectivity index (χ0n) is 11.3.